The number of fused-ring (bicyclic) bond motifs is 1. The molecule has 8 heteroatoms. The number of benzene rings is 1. The van der Waals surface area contributed by atoms with Crippen LogP contribution in [0.15, 0.2) is 49.6 Å². The van der Waals surface area contributed by atoms with Crippen molar-refractivity contribution in [3.63, 3.8) is 0 Å². The highest BCUT2D eigenvalue weighted by Crippen LogP contribution is 2.44. The molecule has 2 N–H and O–H groups in total. The van der Waals surface area contributed by atoms with Crippen LogP contribution in [-0.2, 0) is 18.9 Å². The third-order valence-electron chi connectivity index (χ3n) is 6.98. The van der Waals surface area contributed by atoms with Crippen LogP contribution in [0.1, 0.15) is 22.4 Å². The van der Waals surface area contributed by atoms with Crippen LogP contribution in [0.5, 0.6) is 0 Å². The molecule has 0 aliphatic carbocycles. The van der Waals surface area contributed by atoms with E-state index in [9.17, 15) is 4.79 Å². The lowest BCUT2D eigenvalue weighted by atomic mass is 9.91. The minimum absolute atomic E-state index is 0.239. The topological polar surface area (TPSA) is 93.4 Å². The number of anilines is 1. The monoisotopic (exact) mass is 479 g/mol. The number of carbonyl (C=O) groups is 1. The maximum atomic E-state index is 12.2. The molecule has 0 atom stereocenters. The van der Waals surface area contributed by atoms with Gasteiger partial charge in [-0.1, -0.05) is 18.7 Å². The number of nitrogens with one attached hydrogen (secondary N) is 2. The van der Waals surface area contributed by atoms with E-state index < -0.39 is 0 Å². The molecule has 36 heavy (non-hydrogen) atoms. The Labute approximate surface area is 209 Å². The Morgan fingerprint density at radius 1 is 1.00 bits per heavy atom. The van der Waals surface area contributed by atoms with Crippen LogP contribution in [0.4, 0.5) is 5.69 Å². The van der Waals surface area contributed by atoms with E-state index in [-0.39, 0.29) is 5.91 Å². The van der Waals surface area contributed by atoms with E-state index in [0.29, 0.717) is 0 Å². The van der Waals surface area contributed by atoms with Crippen molar-refractivity contribution >= 4 is 22.6 Å². The quantitative estimate of drug-likeness (QED) is 0.331. The molecule has 4 aromatic heterocycles. The Bertz CT molecular complexity index is 1670. The number of carbonyl (C=O) groups excluding carboxylic acids is 1. The predicted molar refractivity (Wildman–Crippen MR) is 144 cm³/mol. The van der Waals surface area contributed by atoms with E-state index in [1.807, 2.05) is 63.5 Å². The van der Waals surface area contributed by atoms with E-state index in [0.717, 1.165) is 72.6 Å². The van der Waals surface area contributed by atoms with Crippen LogP contribution >= 0.6 is 0 Å². The van der Waals surface area contributed by atoms with E-state index in [4.69, 9.17) is 4.98 Å². The molecular weight excluding hydrogens is 450 g/mol. The minimum atomic E-state index is -0.239. The van der Waals surface area contributed by atoms with Crippen LogP contribution in [0.2, 0.25) is 0 Å². The Morgan fingerprint density at radius 3 is 2.42 bits per heavy atom. The van der Waals surface area contributed by atoms with Crippen molar-refractivity contribution < 1.29 is 4.79 Å². The Balaban J connectivity index is 1.86. The minimum Gasteiger partial charge on any atom is -0.339 e. The molecule has 0 radical (unpaired) electrons. The fourth-order valence-electron chi connectivity index (χ4n) is 4.86. The van der Waals surface area contributed by atoms with Crippen LogP contribution in [0.25, 0.3) is 44.5 Å². The Kier molecular flexibility index (Phi) is 5.59. The molecular formula is C28H29N7O. The molecule has 0 spiro atoms. The van der Waals surface area contributed by atoms with Gasteiger partial charge in [0.2, 0.25) is 5.91 Å². The molecule has 0 aliphatic heterocycles. The summed E-state index contributed by atoms with van der Waals surface area (Å²) in [6.45, 7) is 11.8. The number of aromatic nitrogens is 6. The zero-order valence-corrected chi connectivity index (χ0v) is 21.4. The second-order valence-electron chi connectivity index (χ2n) is 9.19. The zero-order valence-electron chi connectivity index (χ0n) is 21.4. The van der Waals surface area contributed by atoms with Gasteiger partial charge in [-0.3, -0.25) is 14.2 Å². The predicted octanol–water partition coefficient (Wildman–Crippen LogP) is 5.39. The summed E-state index contributed by atoms with van der Waals surface area (Å²) in [6, 6.07) is 4.14. The van der Waals surface area contributed by atoms with Crippen molar-refractivity contribution in [2.45, 2.75) is 27.7 Å². The lowest BCUT2D eigenvalue weighted by Crippen LogP contribution is -2.10. The van der Waals surface area contributed by atoms with Crippen LogP contribution in [0.3, 0.4) is 0 Å². The largest absolute Gasteiger partial charge is 0.339 e. The Hall–Kier alpha value is -4.46. The average Bonchev–Trinajstić information content (AvgIpc) is 3.55. The van der Waals surface area contributed by atoms with Gasteiger partial charge in [0, 0.05) is 65.5 Å². The second-order valence-corrected chi connectivity index (χ2v) is 9.19. The van der Waals surface area contributed by atoms with Gasteiger partial charge in [-0.15, -0.1) is 0 Å². The van der Waals surface area contributed by atoms with Crippen LogP contribution in [0, 0.1) is 27.7 Å². The van der Waals surface area contributed by atoms with Gasteiger partial charge in [-0.2, -0.15) is 10.2 Å². The number of H-pyrrole nitrogens is 1. The zero-order chi connectivity index (χ0) is 25.7. The number of rotatable bonds is 5. The first-order valence-corrected chi connectivity index (χ1v) is 11.7. The van der Waals surface area contributed by atoms with E-state index in [2.05, 4.69) is 47.0 Å². The SMILES string of the molecule is C=CC(=O)Nc1c(C)ccc(-c2c(-c3cnn(C)c3)[nH]c3ncc(-c4cnn(C)c4C)c(C)c23)c1C. The first-order valence-electron chi connectivity index (χ1n) is 11.7. The highest BCUT2D eigenvalue weighted by molar-refractivity contribution is 6.08. The molecule has 0 saturated heterocycles. The number of hydrogen-bond acceptors (Lipinski definition) is 4. The highest BCUT2D eigenvalue weighted by Gasteiger charge is 2.24. The number of aromatic amines is 1. The summed E-state index contributed by atoms with van der Waals surface area (Å²) in [5.41, 5.74) is 11.7. The molecule has 1 aromatic carbocycles. The number of hydrogen-bond donors (Lipinski definition) is 2. The molecule has 4 heterocycles. The van der Waals surface area contributed by atoms with Gasteiger partial charge < -0.3 is 10.3 Å². The van der Waals surface area contributed by atoms with E-state index in [1.54, 1.807) is 4.68 Å². The van der Waals surface area contributed by atoms with E-state index >= 15 is 0 Å². The fourth-order valence-corrected chi connectivity index (χ4v) is 4.86. The van der Waals surface area contributed by atoms with Gasteiger partial charge in [0.25, 0.3) is 0 Å². The molecule has 0 unspecified atom stereocenters. The Morgan fingerprint density at radius 2 is 1.78 bits per heavy atom. The molecule has 0 aliphatic rings. The van der Waals surface area contributed by atoms with E-state index in [1.165, 1.54) is 6.08 Å². The molecule has 5 aromatic rings. The molecule has 0 bridgehead atoms. The second kappa shape index (κ2) is 8.64. The molecule has 1 amide bonds. The smallest absolute Gasteiger partial charge is 0.247 e. The molecule has 0 saturated carbocycles. The van der Waals surface area contributed by atoms with Gasteiger partial charge in [0.15, 0.2) is 0 Å². The lowest BCUT2D eigenvalue weighted by Gasteiger charge is -2.16. The van der Waals surface area contributed by atoms with Crippen molar-refractivity contribution in [3.05, 3.63) is 72.0 Å². The summed E-state index contributed by atoms with van der Waals surface area (Å²) in [5.74, 6) is -0.239. The van der Waals surface area contributed by atoms with Crippen molar-refractivity contribution in [2.75, 3.05) is 5.32 Å². The van der Waals surface area contributed by atoms with Gasteiger partial charge >= 0.3 is 0 Å². The van der Waals surface area contributed by atoms with Gasteiger partial charge in [-0.05, 0) is 56.0 Å². The number of pyridine rings is 1. The van der Waals surface area contributed by atoms with Crippen LogP contribution in [-0.4, -0.2) is 35.4 Å². The lowest BCUT2D eigenvalue weighted by molar-refractivity contribution is -0.111. The number of nitrogens with zero attached hydrogens (tertiary/aromatic N) is 5. The maximum absolute atomic E-state index is 12.2. The third kappa shape index (κ3) is 3.62. The van der Waals surface area contributed by atoms with Crippen LogP contribution < -0.4 is 5.32 Å². The van der Waals surface area contributed by atoms with Crippen molar-refractivity contribution in [2.24, 2.45) is 14.1 Å². The molecule has 182 valence electrons. The number of amides is 1. The summed E-state index contributed by atoms with van der Waals surface area (Å²) >= 11 is 0. The summed E-state index contributed by atoms with van der Waals surface area (Å²) in [6.07, 6.45) is 8.92. The van der Waals surface area contributed by atoms with Crippen molar-refractivity contribution in [1.82, 2.24) is 29.5 Å². The molecule has 0 fully saturated rings. The van der Waals surface area contributed by atoms with Gasteiger partial charge in [0.05, 0.1) is 18.1 Å². The normalized spacial score (nSPS) is 11.3. The molecule has 5 rings (SSSR count). The summed E-state index contributed by atoms with van der Waals surface area (Å²) in [5, 5.41) is 12.9. The average molecular weight is 480 g/mol. The van der Waals surface area contributed by atoms with Crippen molar-refractivity contribution in [1.29, 1.82) is 0 Å². The molecule has 8 nitrogen and oxygen atoms in total. The van der Waals surface area contributed by atoms with Crippen molar-refractivity contribution in [3.8, 4) is 33.5 Å². The number of aryl methyl sites for hydroxylation is 4. The third-order valence-corrected chi connectivity index (χ3v) is 6.98. The standard InChI is InChI=1S/C28H29N7O/c1-8-23(36)32-26-15(2)9-10-20(17(26)4)25-24-16(3)21(22-13-31-35(7)18(22)5)12-29-28(24)33-27(25)19-11-30-34(6)14-19/h8-14H,1H2,2-7H3,(H,29,33)(H,32,36). The first-order chi connectivity index (χ1) is 17.2. The van der Waals surface area contributed by atoms with Gasteiger partial charge in [-0.25, -0.2) is 4.98 Å². The summed E-state index contributed by atoms with van der Waals surface area (Å²) in [4.78, 5) is 20.6. The first kappa shape index (κ1) is 23.3. The highest BCUT2D eigenvalue weighted by atomic mass is 16.1. The van der Waals surface area contributed by atoms with Gasteiger partial charge in [0.1, 0.15) is 5.65 Å². The maximum Gasteiger partial charge on any atom is 0.247 e. The summed E-state index contributed by atoms with van der Waals surface area (Å²) < 4.78 is 3.66. The fraction of sp³-hybridized carbons (Fsp3) is 0.214. The summed E-state index contributed by atoms with van der Waals surface area (Å²) in [7, 11) is 3.84.